The molecule has 0 aliphatic heterocycles. The summed E-state index contributed by atoms with van der Waals surface area (Å²) in [6.45, 7) is 1.93. The fourth-order valence-corrected chi connectivity index (χ4v) is 2.60. The largest absolute Gasteiger partial charge is 0.462 e. The van der Waals surface area contributed by atoms with Crippen LogP contribution in [0.25, 0.3) is 22.4 Å². The van der Waals surface area contributed by atoms with Gasteiger partial charge in [-0.15, -0.1) is 0 Å². The van der Waals surface area contributed by atoms with Gasteiger partial charge in [-0.1, -0.05) is 12.1 Å². The second kappa shape index (κ2) is 7.03. The number of nitrogens with zero attached hydrogens (tertiary/aromatic N) is 1. The van der Waals surface area contributed by atoms with Crippen LogP contribution in [-0.4, -0.2) is 22.5 Å². The molecule has 134 valence electrons. The SMILES string of the molecule is CCOC(=O)c1c[nH]c(-c2ccc(C(F)(F)F)cc2-c2cccnc2)c1. The van der Waals surface area contributed by atoms with Crippen molar-refractivity contribution in [2.45, 2.75) is 13.1 Å². The smallest absolute Gasteiger partial charge is 0.416 e. The van der Waals surface area contributed by atoms with Crippen molar-refractivity contribution in [2.75, 3.05) is 6.61 Å². The molecule has 2 aromatic heterocycles. The van der Waals surface area contributed by atoms with Gasteiger partial charge in [-0.3, -0.25) is 4.98 Å². The number of H-pyrrole nitrogens is 1. The van der Waals surface area contributed by atoms with Gasteiger partial charge in [0.1, 0.15) is 0 Å². The van der Waals surface area contributed by atoms with Crippen LogP contribution in [0.4, 0.5) is 13.2 Å². The van der Waals surface area contributed by atoms with Gasteiger partial charge >= 0.3 is 12.1 Å². The van der Waals surface area contributed by atoms with E-state index < -0.39 is 17.7 Å². The number of carbonyl (C=O) groups is 1. The lowest BCUT2D eigenvalue weighted by molar-refractivity contribution is -0.137. The lowest BCUT2D eigenvalue weighted by atomic mass is 9.96. The van der Waals surface area contributed by atoms with E-state index >= 15 is 0 Å². The molecule has 1 aromatic carbocycles. The molecule has 4 nitrogen and oxygen atoms in total. The van der Waals surface area contributed by atoms with Crippen LogP contribution in [0.5, 0.6) is 0 Å². The van der Waals surface area contributed by atoms with Crippen molar-refractivity contribution in [1.29, 1.82) is 0 Å². The number of alkyl halides is 3. The van der Waals surface area contributed by atoms with Crippen LogP contribution in [0.2, 0.25) is 0 Å². The Morgan fingerprint density at radius 2 is 2.00 bits per heavy atom. The monoisotopic (exact) mass is 360 g/mol. The number of rotatable bonds is 4. The van der Waals surface area contributed by atoms with E-state index in [1.54, 1.807) is 31.3 Å². The van der Waals surface area contributed by atoms with Gasteiger partial charge in [-0.2, -0.15) is 13.2 Å². The average molecular weight is 360 g/mol. The van der Waals surface area contributed by atoms with Crippen LogP contribution >= 0.6 is 0 Å². The summed E-state index contributed by atoms with van der Waals surface area (Å²) in [6, 6.07) is 8.36. The molecule has 0 unspecified atom stereocenters. The van der Waals surface area contributed by atoms with E-state index in [1.807, 2.05) is 0 Å². The fraction of sp³-hybridized carbons (Fsp3) is 0.158. The quantitative estimate of drug-likeness (QED) is 0.671. The third kappa shape index (κ3) is 3.61. The van der Waals surface area contributed by atoms with Crippen molar-refractivity contribution in [3.05, 3.63) is 66.1 Å². The maximum atomic E-state index is 13.1. The molecule has 0 fully saturated rings. The molecule has 0 atom stereocenters. The Morgan fingerprint density at radius 3 is 2.65 bits per heavy atom. The van der Waals surface area contributed by atoms with E-state index in [1.165, 1.54) is 18.5 Å². The molecule has 1 N–H and O–H groups in total. The summed E-state index contributed by atoms with van der Waals surface area (Å²) in [7, 11) is 0. The fourth-order valence-electron chi connectivity index (χ4n) is 2.60. The Morgan fingerprint density at radius 1 is 1.19 bits per heavy atom. The van der Waals surface area contributed by atoms with Crippen LogP contribution in [0.1, 0.15) is 22.8 Å². The number of hydrogen-bond donors (Lipinski definition) is 1. The summed E-state index contributed by atoms with van der Waals surface area (Å²) in [5.41, 5.74) is 1.50. The molecule has 0 amide bonds. The summed E-state index contributed by atoms with van der Waals surface area (Å²) >= 11 is 0. The van der Waals surface area contributed by atoms with Crippen LogP contribution in [-0.2, 0) is 10.9 Å². The zero-order valence-electron chi connectivity index (χ0n) is 13.8. The molecular weight excluding hydrogens is 345 g/mol. The summed E-state index contributed by atoms with van der Waals surface area (Å²) < 4.78 is 44.3. The molecule has 26 heavy (non-hydrogen) atoms. The minimum Gasteiger partial charge on any atom is -0.462 e. The Balaban J connectivity index is 2.11. The van der Waals surface area contributed by atoms with Crippen LogP contribution in [0.3, 0.4) is 0 Å². The lowest BCUT2D eigenvalue weighted by Crippen LogP contribution is -2.05. The predicted molar refractivity (Wildman–Crippen MR) is 90.4 cm³/mol. The topological polar surface area (TPSA) is 55.0 Å². The zero-order valence-corrected chi connectivity index (χ0v) is 13.8. The van der Waals surface area contributed by atoms with Crippen molar-refractivity contribution in [3.8, 4) is 22.4 Å². The van der Waals surface area contributed by atoms with E-state index in [-0.39, 0.29) is 6.61 Å². The van der Waals surface area contributed by atoms with E-state index in [2.05, 4.69) is 9.97 Å². The van der Waals surface area contributed by atoms with E-state index in [4.69, 9.17) is 4.74 Å². The highest BCUT2D eigenvalue weighted by Gasteiger charge is 2.31. The van der Waals surface area contributed by atoms with Crippen molar-refractivity contribution in [2.24, 2.45) is 0 Å². The molecule has 7 heteroatoms. The molecular formula is C19H15F3N2O2. The number of nitrogens with one attached hydrogen (secondary N) is 1. The van der Waals surface area contributed by atoms with E-state index in [9.17, 15) is 18.0 Å². The van der Waals surface area contributed by atoms with E-state index in [0.29, 0.717) is 27.9 Å². The minimum absolute atomic E-state index is 0.237. The van der Waals surface area contributed by atoms with Crippen molar-refractivity contribution >= 4 is 5.97 Å². The molecule has 3 aromatic rings. The molecule has 0 saturated heterocycles. The first-order valence-electron chi connectivity index (χ1n) is 7.87. The minimum atomic E-state index is -4.46. The Kier molecular flexibility index (Phi) is 4.79. The number of esters is 1. The molecule has 0 saturated carbocycles. The van der Waals surface area contributed by atoms with Gasteiger partial charge in [0.25, 0.3) is 0 Å². The molecule has 0 radical (unpaired) electrons. The van der Waals surface area contributed by atoms with E-state index in [0.717, 1.165) is 12.1 Å². The Hall–Kier alpha value is -3.09. The highest BCUT2D eigenvalue weighted by Crippen LogP contribution is 2.37. The van der Waals surface area contributed by atoms with Crippen LogP contribution in [0.15, 0.2) is 55.0 Å². The first-order chi connectivity index (χ1) is 12.4. The summed E-state index contributed by atoms with van der Waals surface area (Å²) in [5.74, 6) is -0.496. The number of hydrogen-bond acceptors (Lipinski definition) is 3. The van der Waals surface area contributed by atoms with Gasteiger partial charge in [-0.25, -0.2) is 4.79 Å². The van der Waals surface area contributed by atoms with Crippen LogP contribution < -0.4 is 0 Å². The Bertz CT molecular complexity index is 918. The Labute approximate surface area is 147 Å². The van der Waals surface area contributed by atoms with Gasteiger partial charge in [0, 0.05) is 35.4 Å². The number of pyridine rings is 1. The molecule has 2 heterocycles. The lowest BCUT2D eigenvalue weighted by Gasteiger charge is -2.13. The number of halogens is 3. The number of carbonyl (C=O) groups excluding carboxylic acids is 1. The summed E-state index contributed by atoms with van der Waals surface area (Å²) in [6.07, 6.45) is 0.0534. The normalized spacial score (nSPS) is 11.4. The van der Waals surface area contributed by atoms with Gasteiger partial charge < -0.3 is 9.72 Å². The molecule has 0 bridgehead atoms. The highest BCUT2D eigenvalue weighted by atomic mass is 19.4. The van der Waals surface area contributed by atoms with Crippen molar-refractivity contribution < 1.29 is 22.7 Å². The molecule has 3 rings (SSSR count). The molecule has 0 spiro atoms. The third-order valence-corrected chi connectivity index (χ3v) is 3.80. The third-order valence-electron chi connectivity index (χ3n) is 3.80. The van der Waals surface area contributed by atoms with Gasteiger partial charge in [0.15, 0.2) is 0 Å². The number of benzene rings is 1. The first-order valence-corrected chi connectivity index (χ1v) is 7.87. The number of ether oxygens (including phenoxy) is 1. The number of aromatic amines is 1. The van der Waals surface area contributed by atoms with Crippen molar-refractivity contribution in [1.82, 2.24) is 9.97 Å². The average Bonchev–Trinajstić information content (AvgIpc) is 3.11. The van der Waals surface area contributed by atoms with Gasteiger partial charge in [-0.05, 0) is 36.8 Å². The summed E-state index contributed by atoms with van der Waals surface area (Å²) in [4.78, 5) is 18.7. The maximum absolute atomic E-state index is 13.1. The predicted octanol–water partition coefficient (Wildman–Crippen LogP) is 4.94. The second-order valence-corrected chi connectivity index (χ2v) is 5.52. The standard InChI is InChI=1S/C19H15F3N2O2/c1-2-26-18(25)13-8-17(24-11-13)15-6-5-14(19(20,21)22)9-16(15)12-4-3-7-23-10-12/h3-11,24H,2H2,1H3. The van der Waals surface area contributed by atoms with Crippen LogP contribution in [0, 0.1) is 0 Å². The zero-order chi connectivity index (χ0) is 18.7. The highest BCUT2D eigenvalue weighted by molar-refractivity contribution is 5.92. The first kappa shape index (κ1) is 17.7. The molecule has 0 aliphatic rings. The number of aromatic nitrogens is 2. The van der Waals surface area contributed by atoms with Crippen molar-refractivity contribution in [3.63, 3.8) is 0 Å². The second-order valence-electron chi connectivity index (χ2n) is 5.52. The van der Waals surface area contributed by atoms with Gasteiger partial charge in [0.2, 0.25) is 0 Å². The summed E-state index contributed by atoms with van der Waals surface area (Å²) in [5, 5.41) is 0. The molecule has 0 aliphatic carbocycles. The van der Waals surface area contributed by atoms with Gasteiger partial charge in [0.05, 0.1) is 17.7 Å². The maximum Gasteiger partial charge on any atom is 0.416 e.